The topological polar surface area (TPSA) is 38.1 Å². The molecule has 0 aromatic carbocycles. The fraction of sp³-hybridized carbons (Fsp3) is 0.667. The van der Waals surface area contributed by atoms with E-state index in [0.717, 1.165) is 25.5 Å². The highest BCUT2D eigenvalue weighted by Crippen LogP contribution is 2.17. The van der Waals surface area contributed by atoms with Crippen molar-refractivity contribution in [3.8, 4) is 0 Å². The highest BCUT2D eigenvalue weighted by Gasteiger charge is 2.25. The normalized spacial score (nSPS) is 17.2. The van der Waals surface area contributed by atoms with Crippen LogP contribution in [0.5, 0.6) is 0 Å². The molecule has 16 heavy (non-hydrogen) atoms. The molecular formula is C12H19N3O. The van der Waals surface area contributed by atoms with Crippen LogP contribution >= 0.6 is 0 Å². The third-order valence-corrected chi connectivity index (χ3v) is 3.03. The van der Waals surface area contributed by atoms with Crippen molar-refractivity contribution in [2.45, 2.75) is 33.9 Å². The van der Waals surface area contributed by atoms with Gasteiger partial charge in [-0.1, -0.05) is 20.8 Å². The first kappa shape index (κ1) is 11.3. The Kier molecular flexibility index (Phi) is 2.84. The molecule has 2 heterocycles. The average Bonchev–Trinajstić information content (AvgIpc) is 2.63. The zero-order chi connectivity index (χ0) is 11.8. The van der Waals surface area contributed by atoms with Gasteiger partial charge >= 0.3 is 0 Å². The number of imidazole rings is 1. The number of carbonyl (C=O) groups excluding carboxylic acids is 1. The van der Waals surface area contributed by atoms with E-state index in [4.69, 9.17) is 0 Å². The minimum Gasteiger partial charge on any atom is -0.333 e. The molecule has 0 bridgehead atoms. The molecule has 0 N–H and O–H groups in total. The number of carbonyl (C=O) groups is 1. The van der Waals surface area contributed by atoms with Crippen molar-refractivity contribution in [3.05, 3.63) is 18.2 Å². The quantitative estimate of drug-likeness (QED) is 0.756. The number of hydrogen-bond acceptors (Lipinski definition) is 3. The maximum Gasteiger partial charge on any atom is 0.152 e. The van der Waals surface area contributed by atoms with Gasteiger partial charge in [-0.25, -0.2) is 4.98 Å². The number of hydrogen-bond donors (Lipinski definition) is 0. The highest BCUT2D eigenvalue weighted by molar-refractivity contribution is 5.85. The van der Waals surface area contributed by atoms with Crippen LogP contribution in [0, 0.1) is 5.41 Å². The molecule has 0 aliphatic carbocycles. The first-order valence-corrected chi connectivity index (χ1v) is 5.72. The lowest BCUT2D eigenvalue weighted by Crippen LogP contribution is -2.40. The molecular weight excluding hydrogens is 202 g/mol. The molecule has 2 rings (SSSR count). The van der Waals surface area contributed by atoms with Crippen LogP contribution in [0.15, 0.2) is 12.4 Å². The lowest BCUT2D eigenvalue weighted by Gasteiger charge is -2.29. The van der Waals surface area contributed by atoms with Gasteiger partial charge in [0.1, 0.15) is 5.82 Å². The second-order valence-corrected chi connectivity index (χ2v) is 5.42. The minimum atomic E-state index is -0.243. The largest absolute Gasteiger partial charge is 0.333 e. The summed E-state index contributed by atoms with van der Waals surface area (Å²) in [7, 11) is 0. The van der Waals surface area contributed by atoms with Crippen molar-refractivity contribution in [2.24, 2.45) is 5.41 Å². The summed E-state index contributed by atoms with van der Waals surface area (Å²) in [5.41, 5.74) is -0.243. The van der Waals surface area contributed by atoms with Crippen LogP contribution in [-0.4, -0.2) is 33.3 Å². The molecule has 0 amide bonds. The molecule has 88 valence electrons. The van der Waals surface area contributed by atoms with Gasteiger partial charge in [-0.05, 0) is 0 Å². The van der Waals surface area contributed by atoms with Gasteiger partial charge in [-0.15, -0.1) is 0 Å². The van der Waals surface area contributed by atoms with E-state index in [1.165, 1.54) is 0 Å². The number of fused-ring (bicyclic) bond motifs is 1. The smallest absolute Gasteiger partial charge is 0.152 e. The van der Waals surface area contributed by atoms with Crippen molar-refractivity contribution >= 4 is 5.78 Å². The van der Waals surface area contributed by atoms with Gasteiger partial charge in [0, 0.05) is 30.9 Å². The van der Waals surface area contributed by atoms with E-state index in [2.05, 4.69) is 14.5 Å². The first-order valence-electron chi connectivity index (χ1n) is 5.72. The third kappa shape index (κ3) is 2.32. The monoisotopic (exact) mass is 221 g/mol. The van der Waals surface area contributed by atoms with Crippen LogP contribution in [0.2, 0.25) is 0 Å². The van der Waals surface area contributed by atoms with Crippen molar-refractivity contribution in [2.75, 3.05) is 13.1 Å². The van der Waals surface area contributed by atoms with E-state index >= 15 is 0 Å². The number of rotatable bonds is 2. The number of nitrogens with zero attached hydrogens (tertiary/aromatic N) is 3. The van der Waals surface area contributed by atoms with E-state index in [1.807, 2.05) is 33.2 Å². The summed E-state index contributed by atoms with van der Waals surface area (Å²) in [5, 5.41) is 0. The van der Waals surface area contributed by atoms with E-state index in [-0.39, 0.29) is 5.41 Å². The van der Waals surface area contributed by atoms with Gasteiger partial charge in [0.2, 0.25) is 0 Å². The molecule has 4 nitrogen and oxygen atoms in total. The number of aromatic nitrogens is 2. The van der Waals surface area contributed by atoms with Gasteiger partial charge in [0.25, 0.3) is 0 Å². The zero-order valence-corrected chi connectivity index (χ0v) is 10.2. The second kappa shape index (κ2) is 4.01. The van der Waals surface area contributed by atoms with Crippen molar-refractivity contribution in [1.29, 1.82) is 0 Å². The summed E-state index contributed by atoms with van der Waals surface area (Å²) in [6.07, 6.45) is 3.82. The molecule has 0 unspecified atom stereocenters. The van der Waals surface area contributed by atoms with Crippen molar-refractivity contribution in [3.63, 3.8) is 0 Å². The molecule has 0 fully saturated rings. The van der Waals surface area contributed by atoms with Gasteiger partial charge in [0.15, 0.2) is 5.78 Å². The zero-order valence-electron chi connectivity index (χ0n) is 10.2. The van der Waals surface area contributed by atoms with Crippen LogP contribution in [0.4, 0.5) is 0 Å². The number of Topliss-reactive ketones (excluding diaryl/α,β-unsaturated/α-hetero) is 1. The first-order chi connectivity index (χ1) is 7.47. The third-order valence-electron chi connectivity index (χ3n) is 3.03. The lowest BCUT2D eigenvalue weighted by atomic mass is 9.90. The van der Waals surface area contributed by atoms with Crippen LogP contribution in [-0.2, 0) is 17.9 Å². The van der Waals surface area contributed by atoms with Crippen molar-refractivity contribution < 1.29 is 4.79 Å². The summed E-state index contributed by atoms with van der Waals surface area (Å²) in [5.74, 6) is 1.36. The molecule has 1 aliphatic rings. The molecule has 0 saturated heterocycles. The Morgan fingerprint density at radius 2 is 2.19 bits per heavy atom. The molecule has 1 aliphatic heterocycles. The fourth-order valence-electron chi connectivity index (χ4n) is 1.80. The predicted molar refractivity (Wildman–Crippen MR) is 62.0 cm³/mol. The van der Waals surface area contributed by atoms with Crippen LogP contribution in [0.3, 0.4) is 0 Å². The van der Waals surface area contributed by atoms with Gasteiger partial charge in [-0.3, -0.25) is 9.69 Å². The Labute approximate surface area is 96.3 Å². The molecule has 0 radical (unpaired) electrons. The Morgan fingerprint density at radius 1 is 1.44 bits per heavy atom. The molecule has 1 aromatic heterocycles. The van der Waals surface area contributed by atoms with E-state index in [1.54, 1.807) is 0 Å². The van der Waals surface area contributed by atoms with E-state index < -0.39 is 0 Å². The summed E-state index contributed by atoms with van der Waals surface area (Å²) >= 11 is 0. The molecule has 0 atom stereocenters. The minimum absolute atomic E-state index is 0.243. The van der Waals surface area contributed by atoms with Gasteiger partial charge in [0.05, 0.1) is 13.1 Å². The molecule has 1 aromatic rings. The van der Waals surface area contributed by atoms with Crippen LogP contribution < -0.4 is 0 Å². The van der Waals surface area contributed by atoms with Gasteiger partial charge in [-0.2, -0.15) is 0 Å². The van der Waals surface area contributed by atoms with E-state index in [0.29, 0.717) is 12.3 Å². The summed E-state index contributed by atoms with van der Waals surface area (Å²) < 4.78 is 2.15. The maximum absolute atomic E-state index is 11.9. The highest BCUT2D eigenvalue weighted by atomic mass is 16.1. The number of ketones is 1. The van der Waals surface area contributed by atoms with Crippen LogP contribution in [0.25, 0.3) is 0 Å². The Morgan fingerprint density at radius 3 is 2.88 bits per heavy atom. The van der Waals surface area contributed by atoms with Crippen LogP contribution in [0.1, 0.15) is 26.6 Å². The summed E-state index contributed by atoms with van der Waals surface area (Å²) in [6, 6.07) is 0. The summed E-state index contributed by atoms with van der Waals surface area (Å²) in [4.78, 5) is 18.4. The Balaban J connectivity index is 1.97. The lowest BCUT2D eigenvalue weighted by molar-refractivity contribution is -0.127. The predicted octanol–water partition coefficient (Wildman–Crippen LogP) is 1.31. The standard InChI is InChI=1S/C12H19N3O/c1-12(2,3)10(16)8-14-6-7-15-5-4-13-11(15)9-14/h4-5H,6-9H2,1-3H3. The molecule has 0 spiro atoms. The maximum atomic E-state index is 11.9. The Hall–Kier alpha value is -1.16. The summed E-state index contributed by atoms with van der Waals surface area (Å²) in [6.45, 7) is 9.11. The second-order valence-electron chi connectivity index (χ2n) is 5.42. The van der Waals surface area contributed by atoms with E-state index in [9.17, 15) is 4.79 Å². The SMILES string of the molecule is CC(C)(C)C(=O)CN1CCn2ccnc2C1. The molecule has 0 saturated carbocycles. The van der Waals surface area contributed by atoms with Gasteiger partial charge < -0.3 is 4.57 Å². The van der Waals surface area contributed by atoms with Crippen molar-refractivity contribution in [1.82, 2.24) is 14.5 Å². The Bertz CT molecular complexity index is 389. The molecule has 4 heteroatoms. The fourth-order valence-corrected chi connectivity index (χ4v) is 1.80. The average molecular weight is 221 g/mol.